The first-order chi connectivity index (χ1) is 9.13. The van der Waals surface area contributed by atoms with E-state index in [0.29, 0.717) is 5.69 Å². The lowest BCUT2D eigenvalue weighted by Gasteiger charge is -2.24. The second-order valence-electron chi connectivity index (χ2n) is 4.16. The molecule has 0 bridgehead atoms. The Morgan fingerprint density at radius 3 is 2.42 bits per heavy atom. The van der Waals surface area contributed by atoms with E-state index in [1.54, 1.807) is 12.1 Å². The Morgan fingerprint density at radius 1 is 1.21 bits per heavy atom. The van der Waals surface area contributed by atoms with E-state index in [0.717, 1.165) is 17.9 Å². The highest BCUT2D eigenvalue weighted by Gasteiger charge is 2.12. The highest BCUT2D eigenvalue weighted by Crippen LogP contribution is 2.30. The van der Waals surface area contributed by atoms with E-state index in [1.807, 2.05) is 42.2 Å². The molecular formula is C15H16N2O2. The predicted octanol–water partition coefficient (Wildman–Crippen LogP) is 3.12. The number of benzene rings is 2. The molecule has 0 saturated heterocycles. The Balaban J connectivity index is 2.42. The van der Waals surface area contributed by atoms with Crippen LogP contribution in [0.15, 0.2) is 48.5 Å². The molecule has 0 heterocycles. The second-order valence-corrected chi connectivity index (χ2v) is 4.16. The molecule has 98 valence electrons. The quantitative estimate of drug-likeness (QED) is 0.825. The number of nitrogens with two attached hydrogens (primary N) is 1. The molecule has 0 saturated carbocycles. The Bertz CT molecular complexity index is 582. The summed E-state index contributed by atoms with van der Waals surface area (Å²) in [4.78, 5) is 12.9. The number of rotatable bonds is 4. The molecular weight excluding hydrogens is 240 g/mol. The Hall–Kier alpha value is -2.49. The molecule has 0 amide bonds. The lowest BCUT2D eigenvalue weighted by Crippen LogP contribution is -2.17. The highest BCUT2D eigenvalue weighted by molar-refractivity contribution is 5.91. The zero-order valence-corrected chi connectivity index (χ0v) is 10.7. The topological polar surface area (TPSA) is 66.6 Å². The lowest BCUT2D eigenvalue weighted by molar-refractivity contribution is 0.0697. The summed E-state index contributed by atoms with van der Waals surface area (Å²) >= 11 is 0. The van der Waals surface area contributed by atoms with Crippen LogP contribution in [0.25, 0.3) is 0 Å². The molecule has 4 nitrogen and oxygen atoms in total. The monoisotopic (exact) mass is 256 g/mol. The number of carboxylic acids is 1. The second kappa shape index (κ2) is 5.44. The number of anilines is 3. The highest BCUT2D eigenvalue weighted by atomic mass is 16.4. The van der Waals surface area contributed by atoms with Gasteiger partial charge in [0.25, 0.3) is 0 Å². The summed E-state index contributed by atoms with van der Waals surface area (Å²) in [6.45, 7) is 2.78. The van der Waals surface area contributed by atoms with Crippen molar-refractivity contribution in [1.29, 1.82) is 0 Å². The Labute approximate surface area is 112 Å². The first-order valence-electron chi connectivity index (χ1n) is 6.09. The van der Waals surface area contributed by atoms with Crippen LogP contribution in [0.3, 0.4) is 0 Å². The van der Waals surface area contributed by atoms with Gasteiger partial charge >= 0.3 is 5.97 Å². The predicted molar refractivity (Wildman–Crippen MR) is 76.9 cm³/mol. The molecule has 2 rings (SSSR count). The van der Waals surface area contributed by atoms with Crippen LogP contribution in [0.1, 0.15) is 17.3 Å². The normalized spacial score (nSPS) is 10.2. The maximum atomic E-state index is 10.9. The molecule has 0 fully saturated rings. The molecule has 4 heteroatoms. The molecule has 2 aromatic carbocycles. The SMILES string of the molecule is CCN(c1ccccc1)c1ccc(C(=O)O)cc1N. The zero-order valence-electron chi connectivity index (χ0n) is 10.7. The fourth-order valence-electron chi connectivity index (χ4n) is 2.03. The van der Waals surface area contributed by atoms with Gasteiger partial charge < -0.3 is 15.7 Å². The molecule has 0 aliphatic heterocycles. The van der Waals surface area contributed by atoms with Crippen molar-refractivity contribution in [2.24, 2.45) is 0 Å². The number of carboxylic acid groups (broad SMARTS) is 1. The van der Waals surface area contributed by atoms with E-state index in [-0.39, 0.29) is 5.56 Å². The number of aromatic carboxylic acids is 1. The summed E-state index contributed by atoms with van der Waals surface area (Å²) in [6, 6.07) is 14.7. The van der Waals surface area contributed by atoms with E-state index in [2.05, 4.69) is 0 Å². The van der Waals surface area contributed by atoms with Crippen molar-refractivity contribution in [2.45, 2.75) is 6.92 Å². The van der Waals surface area contributed by atoms with Gasteiger partial charge in [0.2, 0.25) is 0 Å². The van der Waals surface area contributed by atoms with Crippen molar-refractivity contribution in [2.75, 3.05) is 17.2 Å². The fraction of sp³-hybridized carbons (Fsp3) is 0.133. The number of nitrogen functional groups attached to an aromatic ring is 1. The summed E-state index contributed by atoms with van der Waals surface area (Å²) < 4.78 is 0. The van der Waals surface area contributed by atoms with Gasteiger partial charge in [-0.05, 0) is 37.3 Å². The van der Waals surface area contributed by atoms with Gasteiger partial charge in [-0.2, -0.15) is 0 Å². The molecule has 0 aromatic heterocycles. The number of para-hydroxylation sites is 1. The minimum absolute atomic E-state index is 0.199. The molecule has 0 aliphatic carbocycles. The van der Waals surface area contributed by atoms with Crippen LogP contribution < -0.4 is 10.6 Å². The van der Waals surface area contributed by atoms with Crippen LogP contribution in [0, 0.1) is 0 Å². The Kier molecular flexibility index (Phi) is 3.71. The number of hydrogen-bond donors (Lipinski definition) is 2. The van der Waals surface area contributed by atoms with Crippen molar-refractivity contribution in [3.63, 3.8) is 0 Å². The van der Waals surface area contributed by atoms with Crippen LogP contribution >= 0.6 is 0 Å². The van der Waals surface area contributed by atoms with Gasteiger partial charge in [0.15, 0.2) is 0 Å². The lowest BCUT2D eigenvalue weighted by atomic mass is 10.1. The van der Waals surface area contributed by atoms with Crippen molar-refractivity contribution < 1.29 is 9.90 Å². The van der Waals surface area contributed by atoms with Crippen molar-refractivity contribution in [1.82, 2.24) is 0 Å². The number of carbonyl (C=O) groups is 1. The van der Waals surface area contributed by atoms with Crippen molar-refractivity contribution in [3.8, 4) is 0 Å². The van der Waals surface area contributed by atoms with Crippen LogP contribution in [-0.2, 0) is 0 Å². The van der Waals surface area contributed by atoms with Crippen LogP contribution in [0.2, 0.25) is 0 Å². The van der Waals surface area contributed by atoms with Gasteiger partial charge in [-0.15, -0.1) is 0 Å². The largest absolute Gasteiger partial charge is 0.478 e. The van der Waals surface area contributed by atoms with Crippen molar-refractivity contribution in [3.05, 3.63) is 54.1 Å². The van der Waals surface area contributed by atoms with Gasteiger partial charge in [-0.25, -0.2) is 4.79 Å². The van der Waals surface area contributed by atoms with Gasteiger partial charge in [-0.1, -0.05) is 18.2 Å². The van der Waals surface area contributed by atoms with Crippen molar-refractivity contribution >= 4 is 23.0 Å². The van der Waals surface area contributed by atoms with E-state index in [4.69, 9.17) is 10.8 Å². The molecule has 0 spiro atoms. The summed E-state index contributed by atoms with van der Waals surface area (Å²) in [5.41, 5.74) is 8.48. The van der Waals surface area contributed by atoms with Crippen LogP contribution in [-0.4, -0.2) is 17.6 Å². The summed E-state index contributed by atoms with van der Waals surface area (Å²) in [5.74, 6) is -0.971. The summed E-state index contributed by atoms with van der Waals surface area (Å²) in [7, 11) is 0. The van der Waals surface area contributed by atoms with E-state index in [9.17, 15) is 4.79 Å². The number of hydrogen-bond acceptors (Lipinski definition) is 3. The molecule has 3 N–H and O–H groups in total. The average molecular weight is 256 g/mol. The zero-order chi connectivity index (χ0) is 13.8. The maximum absolute atomic E-state index is 10.9. The summed E-state index contributed by atoms with van der Waals surface area (Å²) in [6.07, 6.45) is 0. The van der Waals surface area contributed by atoms with Gasteiger partial charge in [0, 0.05) is 12.2 Å². The van der Waals surface area contributed by atoms with Crippen LogP contribution in [0.4, 0.5) is 17.1 Å². The molecule has 0 aliphatic rings. The third-order valence-corrected chi connectivity index (χ3v) is 2.95. The third-order valence-electron chi connectivity index (χ3n) is 2.95. The van der Waals surface area contributed by atoms with E-state index in [1.165, 1.54) is 6.07 Å². The smallest absolute Gasteiger partial charge is 0.335 e. The minimum atomic E-state index is -0.971. The molecule has 0 atom stereocenters. The molecule has 0 unspecified atom stereocenters. The summed E-state index contributed by atoms with van der Waals surface area (Å²) in [5, 5.41) is 8.94. The van der Waals surface area contributed by atoms with Crippen LogP contribution in [0.5, 0.6) is 0 Å². The fourth-order valence-corrected chi connectivity index (χ4v) is 2.03. The molecule has 2 aromatic rings. The molecule has 0 radical (unpaired) electrons. The molecule has 19 heavy (non-hydrogen) atoms. The van der Waals surface area contributed by atoms with Gasteiger partial charge in [0.1, 0.15) is 0 Å². The van der Waals surface area contributed by atoms with Gasteiger partial charge in [0.05, 0.1) is 16.9 Å². The van der Waals surface area contributed by atoms with E-state index < -0.39 is 5.97 Å². The first-order valence-corrected chi connectivity index (χ1v) is 6.09. The standard InChI is InChI=1S/C15H16N2O2/c1-2-17(12-6-4-3-5-7-12)14-9-8-11(15(18)19)10-13(14)16/h3-10H,2,16H2,1H3,(H,18,19). The number of nitrogens with zero attached hydrogens (tertiary/aromatic N) is 1. The third kappa shape index (κ3) is 2.68. The minimum Gasteiger partial charge on any atom is -0.478 e. The maximum Gasteiger partial charge on any atom is 0.335 e. The first kappa shape index (κ1) is 13.0. The van der Waals surface area contributed by atoms with Gasteiger partial charge in [-0.3, -0.25) is 0 Å². The Morgan fingerprint density at radius 2 is 1.89 bits per heavy atom. The average Bonchev–Trinajstić information content (AvgIpc) is 2.42. The van der Waals surface area contributed by atoms with E-state index >= 15 is 0 Å².